The Kier molecular flexibility index (Phi) is 4.26. The molecule has 2 aromatic heterocycles. The molecule has 0 spiro atoms. The van der Waals surface area contributed by atoms with Gasteiger partial charge in [-0.25, -0.2) is 0 Å². The van der Waals surface area contributed by atoms with E-state index in [1.54, 1.807) is 12.1 Å². The number of carbonyl (C=O) groups is 2. The summed E-state index contributed by atoms with van der Waals surface area (Å²) in [5.74, 6) is -0.600. The second-order valence-corrected chi connectivity index (χ2v) is 7.11. The molecule has 0 saturated heterocycles. The van der Waals surface area contributed by atoms with Gasteiger partial charge in [-0.05, 0) is 39.7 Å². The Morgan fingerprint density at radius 3 is 2.73 bits per heavy atom. The van der Waals surface area contributed by atoms with E-state index in [9.17, 15) is 9.59 Å². The zero-order valence-electron chi connectivity index (χ0n) is 11.4. The highest BCUT2D eigenvalue weighted by molar-refractivity contribution is 9.11. The van der Waals surface area contributed by atoms with Crippen LogP contribution >= 0.6 is 27.3 Å². The summed E-state index contributed by atoms with van der Waals surface area (Å²) in [5, 5.41) is 1.01. The average molecular weight is 378 g/mol. The summed E-state index contributed by atoms with van der Waals surface area (Å²) in [5.41, 5.74) is 6.72. The molecule has 0 aliphatic carbocycles. The lowest BCUT2D eigenvalue weighted by Crippen LogP contribution is -2.42. The molecule has 3 N–H and O–H groups in total. The SMILES string of the molecule is O=C(Cc1c[nH]c2ccccc12)NNC(=O)c1ccc(Br)s1. The highest BCUT2D eigenvalue weighted by Crippen LogP contribution is 2.21. The van der Waals surface area contributed by atoms with Crippen molar-refractivity contribution in [3.63, 3.8) is 0 Å². The second kappa shape index (κ2) is 6.33. The van der Waals surface area contributed by atoms with E-state index in [2.05, 4.69) is 31.8 Å². The number of thiophene rings is 1. The Balaban J connectivity index is 1.60. The molecule has 0 saturated carbocycles. The van der Waals surface area contributed by atoms with E-state index in [1.165, 1.54) is 11.3 Å². The van der Waals surface area contributed by atoms with Gasteiger partial charge >= 0.3 is 0 Å². The molecule has 2 heterocycles. The Morgan fingerprint density at radius 1 is 1.14 bits per heavy atom. The minimum absolute atomic E-state index is 0.193. The largest absolute Gasteiger partial charge is 0.361 e. The number of benzene rings is 1. The van der Waals surface area contributed by atoms with Crippen LogP contribution in [-0.2, 0) is 11.2 Å². The molecule has 0 aliphatic heterocycles. The summed E-state index contributed by atoms with van der Waals surface area (Å²) >= 11 is 4.59. The topological polar surface area (TPSA) is 74.0 Å². The van der Waals surface area contributed by atoms with Crippen LogP contribution < -0.4 is 10.9 Å². The molecule has 3 rings (SSSR count). The summed E-state index contributed by atoms with van der Waals surface area (Å²) in [6.07, 6.45) is 2.00. The molecule has 0 atom stereocenters. The third-order valence-electron chi connectivity index (χ3n) is 3.14. The Hall–Kier alpha value is -2.12. The number of amides is 2. The van der Waals surface area contributed by atoms with Crippen molar-refractivity contribution < 1.29 is 9.59 Å². The fraction of sp³-hybridized carbons (Fsp3) is 0.0667. The van der Waals surface area contributed by atoms with Crippen LogP contribution in [-0.4, -0.2) is 16.8 Å². The maximum absolute atomic E-state index is 11.9. The molecular formula is C15H12BrN3O2S. The highest BCUT2D eigenvalue weighted by atomic mass is 79.9. The molecule has 5 nitrogen and oxygen atoms in total. The molecule has 3 aromatic rings. The lowest BCUT2D eigenvalue weighted by atomic mass is 10.1. The van der Waals surface area contributed by atoms with Crippen molar-refractivity contribution in [2.75, 3.05) is 0 Å². The lowest BCUT2D eigenvalue weighted by Gasteiger charge is -2.05. The standard InChI is InChI=1S/C15H12BrN3O2S/c16-13-6-5-12(22-13)15(21)19-18-14(20)7-9-8-17-11-4-2-1-3-10(9)11/h1-6,8,17H,7H2,(H,18,20)(H,19,21). The molecule has 0 radical (unpaired) electrons. The summed E-state index contributed by atoms with van der Waals surface area (Å²) in [6.45, 7) is 0. The quantitative estimate of drug-likeness (QED) is 0.613. The van der Waals surface area contributed by atoms with Gasteiger partial charge in [0, 0.05) is 17.1 Å². The first-order valence-electron chi connectivity index (χ1n) is 6.53. The molecule has 1 aromatic carbocycles. The number of aromatic nitrogens is 1. The van der Waals surface area contributed by atoms with Crippen molar-refractivity contribution in [1.29, 1.82) is 0 Å². The van der Waals surface area contributed by atoms with E-state index in [0.29, 0.717) is 4.88 Å². The smallest absolute Gasteiger partial charge is 0.279 e. The molecule has 2 amide bonds. The number of halogens is 1. The van der Waals surface area contributed by atoms with Gasteiger partial charge in [0.25, 0.3) is 5.91 Å². The van der Waals surface area contributed by atoms with Gasteiger partial charge in [-0.2, -0.15) is 0 Å². The molecule has 7 heteroatoms. The van der Waals surface area contributed by atoms with Crippen LogP contribution in [0.2, 0.25) is 0 Å². The van der Waals surface area contributed by atoms with Crippen molar-refractivity contribution >= 4 is 50.0 Å². The van der Waals surface area contributed by atoms with Gasteiger partial charge in [-0.1, -0.05) is 18.2 Å². The fourth-order valence-electron chi connectivity index (χ4n) is 2.12. The third kappa shape index (κ3) is 3.20. The summed E-state index contributed by atoms with van der Waals surface area (Å²) < 4.78 is 0.864. The number of H-pyrrole nitrogens is 1. The maximum Gasteiger partial charge on any atom is 0.279 e. The summed E-state index contributed by atoms with van der Waals surface area (Å²) in [4.78, 5) is 27.4. The minimum atomic E-state index is -0.331. The van der Waals surface area contributed by atoms with Crippen molar-refractivity contribution in [2.45, 2.75) is 6.42 Å². The predicted molar refractivity (Wildman–Crippen MR) is 89.6 cm³/mol. The average Bonchev–Trinajstić information content (AvgIpc) is 3.12. The number of carbonyl (C=O) groups excluding carboxylic acids is 2. The van der Waals surface area contributed by atoms with Crippen molar-refractivity contribution in [1.82, 2.24) is 15.8 Å². The second-order valence-electron chi connectivity index (χ2n) is 4.64. The molecule has 0 unspecified atom stereocenters. The first-order chi connectivity index (χ1) is 10.6. The predicted octanol–water partition coefficient (Wildman–Crippen LogP) is 3.00. The van der Waals surface area contributed by atoms with Gasteiger partial charge in [0.15, 0.2) is 0 Å². The molecular weight excluding hydrogens is 366 g/mol. The van der Waals surface area contributed by atoms with Crippen LogP contribution in [0, 0.1) is 0 Å². The number of para-hydroxylation sites is 1. The zero-order valence-corrected chi connectivity index (χ0v) is 13.8. The number of hydrogen-bond donors (Lipinski definition) is 3. The van der Waals surface area contributed by atoms with Crippen LogP contribution in [0.25, 0.3) is 10.9 Å². The van der Waals surface area contributed by atoms with E-state index in [-0.39, 0.29) is 18.2 Å². The number of fused-ring (bicyclic) bond motifs is 1. The molecule has 0 bridgehead atoms. The fourth-order valence-corrected chi connectivity index (χ4v) is 3.40. The lowest BCUT2D eigenvalue weighted by molar-refractivity contribution is -0.121. The van der Waals surface area contributed by atoms with Crippen LogP contribution in [0.5, 0.6) is 0 Å². The number of aromatic amines is 1. The van der Waals surface area contributed by atoms with Crippen LogP contribution in [0.3, 0.4) is 0 Å². The molecule has 0 fully saturated rings. The Bertz CT molecular complexity index is 840. The van der Waals surface area contributed by atoms with Crippen molar-refractivity contribution in [3.8, 4) is 0 Å². The number of hydrazine groups is 1. The van der Waals surface area contributed by atoms with E-state index in [4.69, 9.17) is 0 Å². The molecule has 0 aliphatic rings. The van der Waals surface area contributed by atoms with Gasteiger partial charge in [-0.3, -0.25) is 20.4 Å². The van der Waals surface area contributed by atoms with E-state index in [1.807, 2.05) is 30.5 Å². The maximum atomic E-state index is 11.9. The number of nitrogens with one attached hydrogen (secondary N) is 3. The summed E-state index contributed by atoms with van der Waals surface area (Å²) in [7, 11) is 0. The zero-order chi connectivity index (χ0) is 15.5. The minimum Gasteiger partial charge on any atom is -0.361 e. The van der Waals surface area contributed by atoms with Gasteiger partial charge < -0.3 is 4.98 Å². The van der Waals surface area contributed by atoms with Crippen LogP contribution in [0.1, 0.15) is 15.2 Å². The number of hydrogen-bond acceptors (Lipinski definition) is 3. The van der Waals surface area contributed by atoms with E-state index in [0.717, 1.165) is 20.3 Å². The highest BCUT2D eigenvalue weighted by Gasteiger charge is 2.11. The van der Waals surface area contributed by atoms with Crippen molar-refractivity contribution in [3.05, 3.63) is 56.8 Å². The Morgan fingerprint density at radius 2 is 1.95 bits per heavy atom. The Labute approximate surface area is 138 Å². The monoisotopic (exact) mass is 377 g/mol. The first-order valence-corrected chi connectivity index (χ1v) is 8.14. The first kappa shape index (κ1) is 14.8. The molecule has 112 valence electrons. The summed E-state index contributed by atoms with van der Waals surface area (Å²) in [6, 6.07) is 11.2. The number of rotatable bonds is 3. The third-order valence-corrected chi connectivity index (χ3v) is 4.76. The normalized spacial score (nSPS) is 10.6. The van der Waals surface area contributed by atoms with Gasteiger partial charge in [0.05, 0.1) is 15.1 Å². The van der Waals surface area contributed by atoms with E-state index < -0.39 is 0 Å². The molecule has 22 heavy (non-hydrogen) atoms. The van der Waals surface area contributed by atoms with Gasteiger partial charge in [0.2, 0.25) is 5.91 Å². The van der Waals surface area contributed by atoms with Gasteiger partial charge in [-0.15, -0.1) is 11.3 Å². The van der Waals surface area contributed by atoms with Gasteiger partial charge in [0.1, 0.15) is 0 Å². The van der Waals surface area contributed by atoms with E-state index >= 15 is 0 Å². The van der Waals surface area contributed by atoms with Crippen molar-refractivity contribution in [2.24, 2.45) is 0 Å². The van der Waals surface area contributed by atoms with Crippen LogP contribution in [0.15, 0.2) is 46.4 Å². The van der Waals surface area contributed by atoms with Crippen LogP contribution in [0.4, 0.5) is 0 Å².